The van der Waals surface area contributed by atoms with E-state index in [1.165, 1.54) is 19.1 Å². The number of hydrogen-bond acceptors (Lipinski definition) is 5. The largest absolute Gasteiger partial charge is 0.457 e. The number of aryl methyl sites for hydroxylation is 1. The van der Waals surface area contributed by atoms with E-state index in [-0.39, 0.29) is 33.1 Å². The normalized spacial score (nSPS) is 12.0. The molecule has 11 heteroatoms. The molecule has 2 heterocycles. The van der Waals surface area contributed by atoms with E-state index >= 15 is 0 Å². The van der Waals surface area contributed by atoms with Crippen molar-refractivity contribution in [3.05, 3.63) is 55.5 Å². The Morgan fingerprint density at radius 1 is 1.27 bits per heavy atom. The first kappa shape index (κ1) is 18.1. The van der Waals surface area contributed by atoms with Crippen molar-refractivity contribution in [2.45, 2.75) is 13.1 Å². The van der Waals surface area contributed by atoms with Gasteiger partial charge in [0.1, 0.15) is 17.1 Å². The van der Waals surface area contributed by atoms with Crippen molar-refractivity contribution >= 4 is 28.3 Å². The summed E-state index contributed by atoms with van der Waals surface area (Å²) in [6.45, 7) is 1.49. The van der Waals surface area contributed by atoms with Crippen LogP contribution in [0.15, 0.2) is 32.2 Å². The third-order valence-corrected chi connectivity index (χ3v) is 4.22. The van der Waals surface area contributed by atoms with Gasteiger partial charge in [0.15, 0.2) is 5.58 Å². The van der Waals surface area contributed by atoms with Gasteiger partial charge in [-0.1, -0.05) is 11.6 Å². The molecule has 3 aromatic rings. The van der Waals surface area contributed by atoms with Crippen LogP contribution in [0, 0.1) is 6.92 Å². The predicted octanol–water partition coefficient (Wildman–Crippen LogP) is 3.06. The fraction of sp³-hybridized carbons (Fsp3) is 0.200. The van der Waals surface area contributed by atoms with Crippen LogP contribution in [0.25, 0.3) is 16.7 Å². The van der Waals surface area contributed by atoms with E-state index in [9.17, 15) is 28.0 Å². The van der Waals surface area contributed by atoms with Gasteiger partial charge in [0.25, 0.3) is 5.56 Å². The summed E-state index contributed by atoms with van der Waals surface area (Å²) in [6, 6.07) is 2.92. The number of furan rings is 1. The van der Waals surface area contributed by atoms with Gasteiger partial charge in [0.2, 0.25) is 0 Å². The summed E-state index contributed by atoms with van der Waals surface area (Å²) in [4.78, 5) is 24.7. The second kappa shape index (κ2) is 5.92. The second-order valence-electron chi connectivity index (χ2n) is 5.46. The van der Waals surface area contributed by atoms with E-state index in [0.717, 1.165) is 7.05 Å². The van der Waals surface area contributed by atoms with Gasteiger partial charge in [-0.25, -0.2) is 9.36 Å². The number of hydrogen-bond donors (Lipinski definition) is 2. The summed E-state index contributed by atoms with van der Waals surface area (Å²) in [5.41, 5.74) is -1.88. The molecule has 0 fully saturated rings. The summed E-state index contributed by atoms with van der Waals surface area (Å²) in [7, 11) is 0.905. The monoisotopic (exact) mass is 389 g/mol. The molecule has 138 valence electrons. The Morgan fingerprint density at radius 3 is 2.50 bits per heavy atom. The molecule has 0 aliphatic heterocycles. The molecule has 0 saturated heterocycles. The highest BCUT2D eigenvalue weighted by molar-refractivity contribution is 6.36. The maximum atomic E-state index is 13.0. The quantitative estimate of drug-likeness (QED) is 0.657. The summed E-state index contributed by atoms with van der Waals surface area (Å²) in [6.07, 6.45) is -4.86. The number of nitrogens with one attached hydrogen (secondary N) is 1. The average Bonchev–Trinajstić information content (AvgIpc) is 2.89. The van der Waals surface area contributed by atoms with Gasteiger partial charge in [-0.15, -0.1) is 0 Å². The van der Waals surface area contributed by atoms with Crippen LogP contribution in [0.1, 0.15) is 11.5 Å². The number of halogens is 4. The number of alkyl halides is 3. The Balaban J connectivity index is 2.43. The summed E-state index contributed by atoms with van der Waals surface area (Å²) < 4.78 is 45.2. The highest BCUT2D eigenvalue weighted by Gasteiger charge is 2.35. The molecule has 26 heavy (non-hydrogen) atoms. The molecule has 0 unspecified atom stereocenters. The lowest BCUT2D eigenvalue weighted by Gasteiger charge is -2.14. The van der Waals surface area contributed by atoms with Crippen molar-refractivity contribution in [1.82, 2.24) is 9.13 Å². The zero-order valence-electron chi connectivity index (χ0n) is 13.3. The van der Waals surface area contributed by atoms with Crippen molar-refractivity contribution in [3.8, 4) is 5.69 Å². The molecule has 0 spiro atoms. The van der Waals surface area contributed by atoms with Crippen LogP contribution in [0.2, 0.25) is 5.02 Å². The van der Waals surface area contributed by atoms with Crippen LogP contribution in [0.3, 0.4) is 0 Å². The van der Waals surface area contributed by atoms with Crippen LogP contribution in [-0.2, 0) is 13.2 Å². The van der Waals surface area contributed by atoms with Crippen molar-refractivity contribution < 1.29 is 22.8 Å². The zero-order chi connectivity index (χ0) is 19.4. The van der Waals surface area contributed by atoms with E-state index in [2.05, 4.69) is 0 Å². The lowest BCUT2D eigenvalue weighted by molar-refractivity contribution is -0.144. The van der Waals surface area contributed by atoms with Gasteiger partial charge in [0, 0.05) is 13.1 Å². The van der Waals surface area contributed by atoms with Crippen molar-refractivity contribution in [2.75, 3.05) is 5.48 Å². The minimum atomic E-state index is -4.86. The van der Waals surface area contributed by atoms with Crippen molar-refractivity contribution in [1.29, 1.82) is 0 Å². The topological polar surface area (TPSA) is 89.4 Å². The highest BCUT2D eigenvalue weighted by Crippen LogP contribution is 2.38. The number of aromatic nitrogens is 2. The first-order valence-corrected chi connectivity index (χ1v) is 7.48. The smallest absolute Gasteiger partial charge is 0.431 e. The number of nitrogens with zero attached hydrogens (tertiary/aromatic N) is 2. The molecule has 0 radical (unpaired) electrons. The van der Waals surface area contributed by atoms with E-state index in [1.807, 2.05) is 5.48 Å². The standard InChI is InChI=1S/C15H11ClF3N3O4/c1-6-12(20-25)11-7(16)3-4-8(13(11)26-6)22-10(23)5-9(15(17,18)19)21(2)14(22)24/h3-5,20,25H,1-2H3. The molecule has 2 N–H and O–H groups in total. The van der Waals surface area contributed by atoms with Crippen LogP contribution in [0.5, 0.6) is 0 Å². The van der Waals surface area contributed by atoms with Gasteiger partial charge in [-0.3, -0.25) is 20.0 Å². The van der Waals surface area contributed by atoms with Gasteiger partial charge in [0.05, 0.1) is 16.1 Å². The van der Waals surface area contributed by atoms with Gasteiger partial charge in [-0.2, -0.15) is 13.2 Å². The van der Waals surface area contributed by atoms with Gasteiger partial charge >= 0.3 is 11.9 Å². The minimum absolute atomic E-state index is 0.0366. The third kappa shape index (κ3) is 2.58. The molecule has 0 saturated carbocycles. The molecule has 0 atom stereocenters. The van der Waals surface area contributed by atoms with E-state index in [4.69, 9.17) is 16.0 Å². The van der Waals surface area contributed by atoms with Gasteiger partial charge < -0.3 is 4.42 Å². The van der Waals surface area contributed by atoms with Crippen LogP contribution in [-0.4, -0.2) is 14.3 Å². The second-order valence-corrected chi connectivity index (χ2v) is 5.87. The average molecular weight is 390 g/mol. The molecular formula is C15H11ClF3N3O4. The lowest BCUT2D eigenvalue weighted by Crippen LogP contribution is -2.40. The van der Waals surface area contributed by atoms with E-state index < -0.39 is 23.1 Å². The van der Waals surface area contributed by atoms with Crippen molar-refractivity contribution in [2.24, 2.45) is 7.05 Å². The number of fused-ring (bicyclic) bond motifs is 1. The fourth-order valence-corrected chi connectivity index (χ4v) is 2.94. The minimum Gasteiger partial charge on any atom is -0.457 e. The first-order chi connectivity index (χ1) is 12.1. The third-order valence-electron chi connectivity index (χ3n) is 3.91. The molecule has 0 aliphatic carbocycles. The maximum Gasteiger partial charge on any atom is 0.431 e. The SMILES string of the molecule is Cc1oc2c(-n3c(=O)cc(C(F)(F)F)n(C)c3=O)ccc(Cl)c2c1NO. The molecular weight excluding hydrogens is 379 g/mol. The maximum absolute atomic E-state index is 13.0. The number of benzene rings is 1. The Morgan fingerprint density at radius 2 is 1.92 bits per heavy atom. The molecule has 3 rings (SSSR count). The summed E-state index contributed by atoms with van der Waals surface area (Å²) >= 11 is 6.08. The van der Waals surface area contributed by atoms with E-state index in [0.29, 0.717) is 15.2 Å². The first-order valence-electron chi connectivity index (χ1n) is 7.10. The van der Waals surface area contributed by atoms with Crippen LogP contribution < -0.4 is 16.7 Å². The lowest BCUT2D eigenvalue weighted by atomic mass is 10.2. The summed E-state index contributed by atoms with van der Waals surface area (Å²) in [5.74, 6) is 0.202. The molecule has 0 aliphatic rings. The highest BCUT2D eigenvalue weighted by atomic mass is 35.5. The molecule has 2 aromatic heterocycles. The van der Waals surface area contributed by atoms with E-state index in [1.54, 1.807) is 0 Å². The number of anilines is 1. The van der Waals surface area contributed by atoms with Crippen LogP contribution in [0.4, 0.5) is 18.9 Å². The Bertz CT molecular complexity index is 1140. The van der Waals surface area contributed by atoms with Crippen LogP contribution >= 0.6 is 11.6 Å². The summed E-state index contributed by atoms with van der Waals surface area (Å²) in [5, 5.41) is 9.57. The Hall–Kier alpha value is -2.72. The number of rotatable bonds is 2. The molecule has 0 amide bonds. The zero-order valence-corrected chi connectivity index (χ0v) is 14.1. The fourth-order valence-electron chi connectivity index (χ4n) is 2.69. The Labute approximate surface area is 147 Å². The predicted molar refractivity (Wildman–Crippen MR) is 87.2 cm³/mol. The Kier molecular flexibility index (Phi) is 4.12. The van der Waals surface area contributed by atoms with Gasteiger partial charge in [-0.05, 0) is 19.1 Å². The molecule has 0 bridgehead atoms. The molecule has 1 aromatic carbocycles. The van der Waals surface area contributed by atoms with Crippen molar-refractivity contribution in [3.63, 3.8) is 0 Å². The molecule has 7 nitrogen and oxygen atoms in total.